The smallest absolute Gasteiger partial charge is 0.326 e. The van der Waals surface area contributed by atoms with Crippen LogP contribution in [0.15, 0.2) is 4.99 Å². The summed E-state index contributed by atoms with van der Waals surface area (Å²) in [5.74, 6) is -7.43. The van der Waals surface area contributed by atoms with E-state index < -0.39 is 79.1 Å². The highest BCUT2D eigenvalue weighted by atomic mass is 32.1. The number of aliphatic imine (C=N–C) groups is 1. The van der Waals surface area contributed by atoms with Crippen LogP contribution in [-0.4, -0.2) is 93.4 Å². The minimum atomic E-state index is -1.73. The molecule has 198 valence electrons. The van der Waals surface area contributed by atoms with Gasteiger partial charge in [0.1, 0.15) is 18.1 Å². The SMILES string of the molecule is NC(N)=NCCCC(NC(=O)C(N)CS)C(=O)NC(CC(=O)O)C(=O)NC(CCC(=O)O)C(=O)O. The van der Waals surface area contributed by atoms with Gasteiger partial charge in [-0.15, -0.1) is 0 Å². The van der Waals surface area contributed by atoms with Crippen molar-refractivity contribution in [3.8, 4) is 0 Å². The first-order valence-corrected chi connectivity index (χ1v) is 10.9. The van der Waals surface area contributed by atoms with E-state index in [0.717, 1.165) is 0 Å². The number of hydrogen-bond donors (Lipinski definition) is 10. The predicted molar refractivity (Wildman–Crippen MR) is 124 cm³/mol. The second-order valence-electron chi connectivity index (χ2n) is 7.29. The van der Waals surface area contributed by atoms with E-state index in [1.165, 1.54) is 0 Å². The van der Waals surface area contributed by atoms with Crippen molar-refractivity contribution in [3.63, 3.8) is 0 Å². The van der Waals surface area contributed by atoms with Crippen molar-refractivity contribution in [2.24, 2.45) is 22.2 Å². The van der Waals surface area contributed by atoms with Crippen LogP contribution >= 0.6 is 12.6 Å². The molecule has 3 amide bonds. The van der Waals surface area contributed by atoms with Crippen LogP contribution in [0.1, 0.15) is 32.1 Å². The third kappa shape index (κ3) is 13.6. The fourth-order valence-electron chi connectivity index (χ4n) is 2.59. The molecule has 0 saturated carbocycles. The lowest BCUT2D eigenvalue weighted by Gasteiger charge is -2.24. The molecule has 0 rings (SSSR count). The molecule has 4 unspecified atom stereocenters. The first-order valence-electron chi connectivity index (χ1n) is 10.3. The predicted octanol–water partition coefficient (Wildman–Crippen LogP) is -3.82. The normalized spacial score (nSPS) is 13.9. The van der Waals surface area contributed by atoms with Crippen molar-refractivity contribution in [2.75, 3.05) is 12.3 Å². The maximum absolute atomic E-state index is 12.8. The molecule has 16 nitrogen and oxygen atoms in total. The van der Waals surface area contributed by atoms with E-state index in [9.17, 15) is 33.9 Å². The van der Waals surface area contributed by atoms with E-state index >= 15 is 0 Å². The summed E-state index contributed by atoms with van der Waals surface area (Å²) >= 11 is 3.90. The summed E-state index contributed by atoms with van der Waals surface area (Å²) in [4.78, 5) is 74.5. The van der Waals surface area contributed by atoms with E-state index in [1.807, 2.05) is 5.32 Å². The number of rotatable bonds is 17. The van der Waals surface area contributed by atoms with Gasteiger partial charge in [0.25, 0.3) is 0 Å². The molecule has 0 radical (unpaired) electrons. The molecule has 0 aromatic heterocycles. The molecule has 0 aromatic rings. The van der Waals surface area contributed by atoms with Crippen LogP contribution in [0.25, 0.3) is 0 Å². The topological polar surface area (TPSA) is 290 Å². The van der Waals surface area contributed by atoms with Crippen LogP contribution < -0.4 is 33.2 Å². The van der Waals surface area contributed by atoms with Gasteiger partial charge in [0.05, 0.1) is 12.5 Å². The summed E-state index contributed by atoms with van der Waals surface area (Å²) in [5.41, 5.74) is 16.1. The van der Waals surface area contributed by atoms with E-state index in [2.05, 4.69) is 28.3 Å². The Morgan fingerprint density at radius 3 is 1.83 bits per heavy atom. The number of carboxylic acids is 3. The number of aliphatic carboxylic acids is 3. The van der Waals surface area contributed by atoms with Crippen molar-refractivity contribution in [3.05, 3.63) is 0 Å². The molecule has 0 aliphatic rings. The zero-order valence-electron chi connectivity index (χ0n) is 18.7. The quantitative estimate of drug-likeness (QED) is 0.0381. The lowest BCUT2D eigenvalue weighted by atomic mass is 10.1. The zero-order chi connectivity index (χ0) is 27.1. The van der Waals surface area contributed by atoms with E-state index in [4.69, 9.17) is 27.4 Å². The molecule has 17 heteroatoms. The minimum Gasteiger partial charge on any atom is -0.481 e. The molecular formula is C18H31N7O9S. The van der Waals surface area contributed by atoms with Crippen LogP contribution in [0.2, 0.25) is 0 Å². The van der Waals surface area contributed by atoms with Crippen LogP contribution in [0.4, 0.5) is 0 Å². The number of nitrogens with zero attached hydrogens (tertiary/aromatic N) is 1. The van der Waals surface area contributed by atoms with Gasteiger partial charge in [-0.05, 0) is 19.3 Å². The number of thiol groups is 1. The average Bonchev–Trinajstić information content (AvgIpc) is 2.76. The second kappa shape index (κ2) is 16.1. The number of nitrogens with two attached hydrogens (primary N) is 3. The number of carbonyl (C=O) groups is 6. The lowest BCUT2D eigenvalue weighted by Crippen LogP contribution is -2.57. The molecule has 0 saturated heterocycles. The number of guanidine groups is 1. The summed E-state index contributed by atoms with van der Waals surface area (Å²) in [5, 5.41) is 33.6. The first kappa shape index (κ1) is 31.4. The van der Waals surface area contributed by atoms with E-state index in [-0.39, 0.29) is 31.1 Å². The van der Waals surface area contributed by atoms with E-state index in [0.29, 0.717) is 0 Å². The molecule has 0 bridgehead atoms. The van der Waals surface area contributed by atoms with E-state index in [1.54, 1.807) is 0 Å². The van der Waals surface area contributed by atoms with Crippen molar-refractivity contribution < 1.29 is 44.1 Å². The number of amides is 3. The third-order valence-corrected chi connectivity index (χ3v) is 4.78. The molecule has 0 aromatic carbocycles. The Labute approximate surface area is 205 Å². The van der Waals surface area contributed by atoms with Crippen molar-refractivity contribution in [1.29, 1.82) is 0 Å². The minimum absolute atomic E-state index is 0.0224. The van der Waals surface area contributed by atoms with Gasteiger partial charge >= 0.3 is 17.9 Å². The third-order valence-electron chi connectivity index (χ3n) is 4.38. The van der Waals surface area contributed by atoms with Gasteiger partial charge in [-0.1, -0.05) is 0 Å². The van der Waals surface area contributed by atoms with Crippen LogP contribution in [0.5, 0.6) is 0 Å². The average molecular weight is 522 g/mol. The lowest BCUT2D eigenvalue weighted by molar-refractivity contribution is -0.144. The van der Waals surface area contributed by atoms with Gasteiger partial charge < -0.3 is 48.5 Å². The van der Waals surface area contributed by atoms with Gasteiger partial charge in [-0.3, -0.25) is 29.0 Å². The molecule has 12 N–H and O–H groups in total. The first-order chi connectivity index (χ1) is 16.3. The summed E-state index contributed by atoms with van der Waals surface area (Å²) in [7, 11) is 0. The Bertz CT molecular complexity index is 820. The van der Waals surface area contributed by atoms with Gasteiger partial charge in [0.2, 0.25) is 17.7 Å². The molecule has 0 heterocycles. The second-order valence-corrected chi connectivity index (χ2v) is 7.66. The van der Waals surface area contributed by atoms with Crippen LogP contribution in [-0.2, 0) is 28.8 Å². The summed E-state index contributed by atoms with van der Waals surface area (Å²) in [6.07, 6.45) is -1.80. The summed E-state index contributed by atoms with van der Waals surface area (Å²) in [6, 6.07) is -5.71. The van der Waals surface area contributed by atoms with Gasteiger partial charge in [0.15, 0.2) is 5.96 Å². The fraction of sp³-hybridized carbons (Fsp3) is 0.611. The van der Waals surface area contributed by atoms with Crippen molar-refractivity contribution in [2.45, 2.75) is 56.3 Å². The molecule has 4 atom stereocenters. The highest BCUT2D eigenvalue weighted by Crippen LogP contribution is 2.04. The molecule has 0 aliphatic heterocycles. The Kier molecular flexibility index (Phi) is 14.4. The van der Waals surface area contributed by atoms with Gasteiger partial charge in [0, 0.05) is 18.7 Å². The number of hydrogen-bond acceptors (Lipinski definition) is 9. The summed E-state index contributed by atoms with van der Waals surface area (Å²) in [6.45, 7) is 0.101. The molecule has 0 aliphatic carbocycles. The maximum atomic E-state index is 12.8. The van der Waals surface area contributed by atoms with Gasteiger partial charge in [-0.25, -0.2) is 4.79 Å². The Balaban J connectivity index is 5.56. The summed E-state index contributed by atoms with van der Waals surface area (Å²) < 4.78 is 0. The zero-order valence-corrected chi connectivity index (χ0v) is 19.6. The monoisotopic (exact) mass is 521 g/mol. The largest absolute Gasteiger partial charge is 0.481 e. The van der Waals surface area contributed by atoms with Crippen LogP contribution in [0, 0.1) is 0 Å². The number of nitrogens with one attached hydrogen (secondary N) is 3. The van der Waals surface area contributed by atoms with Crippen LogP contribution in [0.3, 0.4) is 0 Å². The van der Waals surface area contributed by atoms with Gasteiger partial charge in [-0.2, -0.15) is 12.6 Å². The van der Waals surface area contributed by atoms with Crippen molar-refractivity contribution in [1.82, 2.24) is 16.0 Å². The molecule has 0 spiro atoms. The Morgan fingerprint density at radius 1 is 0.800 bits per heavy atom. The number of carbonyl (C=O) groups excluding carboxylic acids is 3. The molecule has 35 heavy (non-hydrogen) atoms. The highest BCUT2D eigenvalue weighted by Gasteiger charge is 2.31. The molecule has 0 fully saturated rings. The standard InChI is InChI=1S/C18H31N7O9S/c19-8(7-35)14(30)23-9(2-1-5-22-18(20)21)15(31)25-11(6-13(28)29)16(32)24-10(17(33)34)3-4-12(26)27/h8-11,35H,1-7,19H2,(H,23,30)(H,24,32)(H,25,31)(H,26,27)(H,28,29)(H,33,34)(H4,20,21,22). The fourth-order valence-corrected chi connectivity index (χ4v) is 2.75. The Morgan fingerprint density at radius 2 is 1.34 bits per heavy atom. The highest BCUT2D eigenvalue weighted by molar-refractivity contribution is 7.80. The Hall–Kier alpha value is -3.60. The molecular weight excluding hydrogens is 490 g/mol. The number of carboxylic acid groups (broad SMARTS) is 3. The maximum Gasteiger partial charge on any atom is 0.326 e. The van der Waals surface area contributed by atoms with Crippen molar-refractivity contribution >= 4 is 54.2 Å².